The molecule has 138 valence electrons. The molecular weight excluding hydrogens is 314 g/mol. The van der Waals surface area contributed by atoms with Crippen LogP contribution in [0.1, 0.15) is 30.9 Å². The second-order valence-corrected chi connectivity index (χ2v) is 7.26. The number of benzene rings is 1. The fraction of sp³-hybridized carbons (Fsp3) is 0.650. The van der Waals surface area contributed by atoms with Crippen LogP contribution in [-0.2, 0) is 11.2 Å². The summed E-state index contributed by atoms with van der Waals surface area (Å²) in [6, 6.07) is 6.27. The number of urea groups is 1. The van der Waals surface area contributed by atoms with Gasteiger partial charge in [-0.1, -0.05) is 25.1 Å². The Morgan fingerprint density at radius 3 is 2.84 bits per heavy atom. The molecule has 0 spiro atoms. The zero-order chi connectivity index (χ0) is 17.6. The quantitative estimate of drug-likeness (QED) is 0.912. The van der Waals surface area contributed by atoms with Crippen molar-refractivity contribution in [3.63, 3.8) is 0 Å². The molecule has 0 radical (unpaired) electrons. The van der Waals surface area contributed by atoms with Crippen LogP contribution in [0.4, 0.5) is 10.5 Å². The highest BCUT2D eigenvalue weighted by Crippen LogP contribution is 2.23. The van der Waals surface area contributed by atoms with Crippen LogP contribution in [0.25, 0.3) is 0 Å². The van der Waals surface area contributed by atoms with E-state index in [0.29, 0.717) is 5.92 Å². The minimum Gasteiger partial charge on any atom is -0.379 e. The van der Waals surface area contributed by atoms with E-state index in [1.54, 1.807) is 0 Å². The van der Waals surface area contributed by atoms with E-state index < -0.39 is 0 Å². The third kappa shape index (κ3) is 4.73. The Bertz CT molecular complexity index is 584. The predicted octanol–water partition coefficient (Wildman–Crippen LogP) is 3.13. The van der Waals surface area contributed by atoms with Gasteiger partial charge in [0.05, 0.1) is 13.2 Å². The number of carbonyl (C=O) groups excluding carboxylic acids is 1. The number of amides is 2. The molecule has 3 rings (SSSR count). The van der Waals surface area contributed by atoms with Crippen LogP contribution in [0.15, 0.2) is 18.2 Å². The maximum atomic E-state index is 12.8. The Morgan fingerprint density at radius 2 is 2.08 bits per heavy atom. The largest absolute Gasteiger partial charge is 0.379 e. The van der Waals surface area contributed by atoms with Crippen molar-refractivity contribution in [2.75, 3.05) is 51.3 Å². The average molecular weight is 345 g/mol. The van der Waals surface area contributed by atoms with E-state index in [0.717, 1.165) is 70.0 Å². The summed E-state index contributed by atoms with van der Waals surface area (Å²) in [7, 11) is 0. The summed E-state index contributed by atoms with van der Waals surface area (Å²) in [5.41, 5.74) is 3.33. The molecule has 2 aliphatic rings. The van der Waals surface area contributed by atoms with Gasteiger partial charge in [0.25, 0.3) is 0 Å². The molecule has 1 N–H and O–H groups in total. The molecule has 25 heavy (non-hydrogen) atoms. The number of aryl methyl sites for hydroxylation is 2. The Balaban J connectivity index is 1.58. The monoisotopic (exact) mass is 345 g/mol. The average Bonchev–Trinajstić information content (AvgIpc) is 2.64. The molecule has 1 aromatic rings. The molecule has 2 saturated heterocycles. The molecule has 2 fully saturated rings. The molecule has 2 amide bonds. The first-order valence-corrected chi connectivity index (χ1v) is 9.62. The summed E-state index contributed by atoms with van der Waals surface area (Å²) < 4.78 is 5.43. The lowest BCUT2D eigenvalue weighted by molar-refractivity contribution is 0.0252. The van der Waals surface area contributed by atoms with E-state index in [9.17, 15) is 4.79 Å². The van der Waals surface area contributed by atoms with E-state index in [-0.39, 0.29) is 6.03 Å². The van der Waals surface area contributed by atoms with Crippen LogP contribution in [0, 0.1) is 12.8 Å². The Labute approximate surface area is 151 Å². The zero-order valence-electron chi connectivity index (χ0n) is 15.6. The molecular formula is C20H31N3O2. The molecule has 1 atom stereocenters. The van der Waals surface area contributed by atoms with Gasteiger partial charge in [0.2, 0.25) is 0 Å². The number of hydrogen-bond acceptors (Lipinski definition) is 3. The van der Waals surface area contributed by atoms with Gasteiger partial charge in [-0.15, -0.1) is 0 Å². The number of likely N-dealkylation sites (tertiary alicyclic amines) is 1. The van der Waals surface area contributed by atoms with E-state index in [1.165, 1.54) is 12.0 Å². The van der Waals surface area contributed by atoms with Crippen LogP contribution in [0.2, 0.25) is 0 Å². The van der Waals surface area contributed by atoms with Crippen molar-refractivity contribution >= 4 is 11.7 Å². The van der Waals surface area contributed by atoms with Crippen LogP contribution < -0.4 is 5.32 Å². The fourth-order valence-corrected chi connectivity index (χ4v) is 3.94. The number of rotatable bonds is 4. The van der Waals surface area contributed by atoms with Gasteiger partial charge >= 0.3 is 6.03 Å². The first kappa shape index (κ1) is 18.2. The first-order chi connectivity index (χ1) is 12.2. The third-order valence-electron chi connectivity index (χ3n) is 5.40. The molecule has 0 aromatic heterocycles. The molecule has 2 aliphatic heterocycles. The van der Waals surface area contributed by atoms with Gasteiger partial charge < -0.3 is 15.0 Å². The van der Waals surface area contributed by atoms with Gasteiger partial charge in [-0.2, -0.15) is 0 Å². The molecule has 5 heteroatoms. The van der Waals surface area contributed by atoms with Gasteiger partial charge in [0.1, 0.15) is 0 Å². The number of nitrogens with zero attached hydrogens (tertiary/aromatic N) is 2. The molecule has 0 bridgehead atoms. The van der Waals surface area contributed by atoms with Gasteiger partial charge in [-0.05, 0) is 43.2 Å². The van der Waals surface area contributed by atoms with Gasteiger partial charge in [-0.3, -0.25) is 4.90 Å². The molecule has 0 unspecified atom stereocenters. The lowest BCUT2D eigenvalue weighted by Crippen LogP contribution is -2.47. The van der Waals surface area contributed by atoms with Crippen LogP contribution in [0.3, 0.4) is 0 Å². The number of piperidine rings is 1. The number of ether oxygens (including phenoxy) is 1. The summed E-state index contributed by atoms with van der Waals surface area (Å²) in [5, 5.41) is 3.18. The van der Waals surface area contributed by atoms with Crippen molar-refractivity contribution < 1.29 is 9.53 Å². The second-order valence-electron chi connectivity index (χ2n) is 7.26. The molecule has 2 heterocycles. The van der Waals surface area contributed by atoms with Crippen LogP contribution in [-0.4, -0.2) is 61.8 Å². The summed E-state index contributed by atoms with van der Waals surface area (Å²) in [4.78, 5) is 17.3. The SMILES string of the molecule is CCc1cccc(C)c1NC(=O)N1CCC[C@H](CN2CCOCC2)C1. The highest BCUT2D eigenvalue weighted by molar-refractivity contribution is 5.91. The van der Waals surface area contributed by atoms with Crippen LogP contribution >= 0.6 is 0 Å². The molecule has 5 nitrogen and oxygen atoms in total. The molecule has 0 saturated carbocycles. The molecule has 0 aliphatic carbocycles. The van der Waals surface area contributed by atoms with Gasteiger partial charge in [0.15, 0.2) is 0 Å². The van der Waals surface area contributed by atoms with E-state index in [1.807, 2.05) is 4.90 Å². The van der Waals surface area contributed by atoms with Crippen molar-refractivity contribution in [1.29, 1.82) is 0 Å². The summed E-state index contributed by atoms with van der Waals surface area (Å²) in [5.74, 6) is 0.570. The number of nitrogens with one attached hydrogen (secondary N) is 1. The standard InChI is InChI=1S/C20H31N3O2/c1-3-18-8-4-6-16(2)19(18)21-20(24)23-9-5-7-17(15-23)14-22-10-12-25-13-11-22/h4,6,8,17H,3,5,7,9-15H2,1-2H3,(H,21,24)/t17-/m1/s1. The maximum absolute atomic E-state index is 12.8. The Kier molecular flexibility index (Phi) is 6.32. The van der Waals surface area contributed by atoms with Crippen molar-refractivity contribution in [2.45, 2.75) is 33.1 Å². The lowest BCUT2D eigenvalue weighted by Gasteiger charge is -2.36. The van der Waals surface area contributed by atoms with Crippen LogP contribution in [0.5, 0.6) is 0 Å². The maximum Gasteiger partial charge on any atom is 0.321 e. The second kappa shape index (κ2) is 8.68. The number of hydrogen-bond donors (Lipinski definition) is 1. The van der Waals surface area contributed by atoms with Crippen molar-refractivity contribution in [3.8, 4) is 0 Å². The predicted molar refractivity (Wildman–Crippen MR) is 101 cm³/mol. The lowest BCUT2D eigenvalue weighted by atomic mass is 9.97. The number of para-hydroxylation sites is 1. The van der Waals surface area contributed by atoms with Crippen molar-refractivity contribution in [3.05, 3.63) is 29.3 Å². The minimum absolute atomic E-state index is 0.0516. The minimum atomic E-state index is 0.0516. The Morgan fingerprint density at radius 1 is 1.28 bits per heavy atom. The van der Waals surface area contributed by atoms with E-state index in [4.69, 9.17) is 4.74 Å². The smallest absolute Gasteiger partial charge is 0.321 e. The topological polar surface area (TPSA) is 44.8 Å². The zero-order valence-corrected chi connectivity index (χ0v) is 15.6. The fourth-order valence-electron chi connectivity index (χ4n) is 3.94. The summed E-state index contributed by atoms with van der Waals surface area (Å²) in [6.45, 7) is 10.7. The summed E-state index contributed by atoms with van der Waals surface area (Å²) >= 11 is 0. The van der Waals surface area contributed by atoms with Gasteiger partial charge in [-0.25, -0.2) is 4.79 Å². The van der Waals surface area contributed by atoms with E-state index in [2.05, 4.69) is 42.3 Å². The Hall–Kier alpha value is -1.59. The third-order valence-corrected chi connectivity index (χ3v) is 5.40. The highest BCUT2D eigenvalue weighted by atomic mass is 16.5. The van der Waals surface area contributed by atoms with E-state index >= 15 is 0 Å². The number of anilines is 1. The molecule has 1 aromatic carbocycles. The normalized spacial score (nSPS) is 22.0. The highest BCUT2D eigenvalue weighted by Gasteiger charge is 2.26. The summed E-state index contributed by atoms with van der Waals surface area (Å²) in [6.07, 6.45) is 3.24. The number of carbonyl (C=O) groups is 1. The number of morpholine rings is 1. The van der Waals surface area contributed by atoms with Crippen molar-refractivity contribution in [1.82, 2.24) is 9.80 Å². The first-order valence-electron chi connectivity index (χ1n) is 9.62. The van der Waals surface area contributed by atoms with Crippen molar-refractivity contribution in [2.24, 2.45) is 5.92 Å². The van der Waals surface area contributed by atoms with Gasteiger partial charge in [0, 0.05) is 38.4 Å².